The number of rotatable bonds is 6. The number of para-hydroxylation sites is 1. The van der Waals surface area contributed by atoms with Gasteiger partial charge in [-0.3, -0.25) is 9.59 Å². The maximum Gasteiger partial charge on any atom is 0.240 e. The Labute approximate surface area is 147 Å². The molecule has 0 unspecified atom stereocenters. The van der Waals surface area contributed by atoms with Crippen molar-refractivity contribution in [1.29, 1.82) is 0 Å². The summed E-state index contributed by atoms with van der Waals surface area (Å²) in [6, 6.07) is 14.8. The van der Waals surface area contributed by atoms with Gasteiger partial charge in [0, 0.05) is 17.4 Å². The molecule has 2 aromatic carbocycles. The molecule has 5 heteroatoms. The zero-order valence-electron chi connectivity index (χ0n) is 14.5. The van der Waals surface area contributed by atoms with E-state index < -0.39 is 5.41 Å². The Bertz CT molecular complexity index is 797. The van der Waals surface area contributed by atoms with Gasteiger partial charge in [0.2, 0.25) is 11.8 Å². The molecule has 0 atom stereocenters. The molecule has 1 aliphatic rings. The highest BCUT2D eigenvalue weighted by molar-refractivity contribution is 6.17. The van der Waals surface area contributed by atoms with Gasteiger partial charge >= 0.3 is 0 Å². The van der Waals surface area contributed by atoms with E-state index in [2.05, 4.69) is 10.6 Å². The predicted octanol–water partition coefficient (Wildman–Crippen LogP) is 3.62. The Hall–Kier alpha value is -2.82. The smallest absolute Gasteiger partial charge is 0.240 e. The molecule has 1 fully saturated rings. The standard InChI is InChI=1S/C20H22N2O3/c1-3-14-7-4-5-10-17(14)22-19(24)20(11-12-20)18(23)21-15-8-6-9-16(13-15)25-2/h4-10,13H,3,11-12H2,1-2H3,(H,21,23)(H,22,24). The number of nitrogens with one attached hydrogen (secondary N) is 2. The van der Waals surface area contributed by atoms with Crippen molar-refractivity contribution in [1.82, 2.24) is 0 Å². The first kappa shape index (κ1) is 17.0. The fourth-order valence-corrected chi connectivity index (χ4v) is 2.83. The van der Waals surface area contributed by atoms with E-state index in [1.54, 1.807) is 31.4 Å². The van der Waals surface area contributed by atoms with Gasteiger partial charge in [-0.1, -0.05) is 31.2 Å². The molecule has 1 aliphatic carbocycles. The maximum absolute atomic E-state index is 12.7. The number of hydrogen-bond donors (Lipinski definition) is 2. The molecule has 0 aliphatic heterocycles. The van der Waals surface area contributed by atoms with Crippen LogP contribution < -0.4 is 15.4 Å². The third kappa shape index (κ3) is 3.50. The summed E-state index contributed by atoms with van der Waals surface area (Å²) in [6.45, 7) is 2.04. The first-order chi connectivity index (χ1) is 12.1. The highest BCUT2D eigenvalue weighted by Gasteiger charge is 2.56. The average molecular weight is 338 g/mol. The van der Waals surface area contributed by atoms with Gasteiger partial charge in [0.25, 0.3) is 0 Å². The van der Waals surface area contributed by atoms with Crippen molar-refractivity contribution in [3.05, 3.63) is 54.1 Å². The molecule has 0 heterocycles. The third-order valence-electron chi connectivity index (χ3n) is 4.59. The Balaban J connectivity index is 1.72. The molecule has 130 valence electrons. The van der Waals surface area contributed by atoms with E-state index in [4.69, 9.17) is 4.74 Å². The lowest BCUT2D eigenvalue weighted by atomic mass is 10.0. The summed E-state index contributed by atoms with van der Waals surface area (Å²) in [5.74, 6) is 0.144. The summed E-state index contributed by atoms with van der Waals surface area (Å²) in [7, 11) is 1.57. The summed E-state index contributed by atoms with van der Waals surface area (Å²) >= 11 is 0. The fourth-order valence-electron chi connectivity index (χ4n) is 2.83. The van der Waals surface area contributed by atoms with Crippen molar-refractivity contribution in [2.45, 2.75) is 26.2 Å². The number of amides is 2. The van der Waals surface area contributed by atoms with E-state index in [1.807, 2.05) is 31.2 Å². The minimum Gasteiger partial charge on any atom is -0.497 e. The number of anilines is 2. The van der Waals surface area contributed by atoms with Crippen molar-refractivity contribution >= 4 is 23.2 Å². The van der Waals surface area contributed by atoms with Crippen molar-refractivity contribution in [3.8, 4) is 5.75 Å². The van der Waals surface area contributed by atoms with Crippen LogP contribution in [0, 0.1) is 5.41 Å². The molecule has 0 radical (unpaired) electrons. The number of aryl methyl sites for hydroxylation is 1. The summed E-state index contributed by atoms with van der Waals surface area (Å²) in [6.07, 6.45) is 1.94. The van der Waals surface area contributed by atoms with E-state index in [0.29, 0.717) is 24.3 Å². The van der Waals surface area contributed by atoms with Gasteiger partial charge in [0.15, 0.2) is 0 Å². The molecule has 0 bridgehead atoms. The van der Waals surface area contributed by atoms with Gasteiger partial charge in [0.1, 0.15) is 11.2 Å². The number of carbonyl (C=O) groups is 2. The third-order valence-corrected chi connectivity index (χ3v) is 4.59. The predicted molar refractivity (Wildman–Crippen MR) is 97.7 cm³/mol. The first-order valence-corrected chi connectivity index (χ1v) is 8.44. The molecule has 2 N–H and O–H groups in total. The number of carbonyl (C=O) groups excluding carboxylic acids is 2. The van der Waals surface area contributed by atoms with Crippen LogP contribution in [0.5, 0.6) is 5.75 Å². The maximum atomic E-state index is 12.7. The topological polar surface area (TPSA) is 67.4 Å². The normalized spacial score (nSPS) is 14.5. The minimum atomic E-state index is -0.982. The van der Waals surface area contributed by atoms with Gasteiger partial charge in [0.05, 0.1) is 7.11 Å². The highest BCUT2D eigenvalue weighted by atomic mass is 16.5. The minimum absolute atomic E-state index is 0.242. The second-order valence-electron chi connectivity index (χ2n) is 6.23. The van der Waals surface area contributed by atoms with Crippen LogP contribution in [-0.2, 0) is 16.0 Å². The van der Waals surface area contributed by atoms with Gasteiger partial charge in [-0.2, -0.15) is 0 Å². The van der Waals surface area contributed by atoms with Crippen molar-refractivity contribution in [2.24, 2.45) is 5.41 Å². The van der Waals surface area contributed by atoms with Crippen LogP contribution in [0.1, 0.15) is 25.3 Å². The summed E-state index contributed by atoms with van der Waals surface area (Å²) in [5, 5.41) is 5.76. The Morgan fingerprint density at radius 1 is 1.04 bits per heavy atom. The van der Waals surface area contributed by atoms with Crippen molar-refractivity contribution in [2.75, 3.05) is 17.7 Å². The molecule has 25 heavy (non-hydrogen) atoms. The van der Waals surface area contributed by atoms with Crippen LogP contribution >= 0.6 is 0 Å². The molecule has 1 saturated carbocycles. The van der Waals surface area contributed by atoms with E-state index in [9.17, 15) is 9.59 Å². The van der Waals surface area contributed by atoms with Crippen LogP contribution in [0.2, 0.25) is 0 Å². The summed E-state index contributed by atoms with van der Waals surface area (Å²) in [5.41, 5.74) is 1.47. The molecule has 5 nitrogen and oxygen atoms in total. The zero-order valence-corrected chi connectivity index (χ0v) is 14.5. The van der Waals surface area contributed by atoms with E-state index >= 15 is 0 Å². The number of ether oxygens (including phenoxy) is 1. The molecule has 0 aromatic heterocycles. The lowest BCUT2D eigenvalue weighted by Gasteiger charge is -2.17. The van der Waals surface area contributed by atoms with Crippen LogP contribution in [0.4, 0.5) is 11.4 Å². The van der Waals surface area contributed by atoms with Crippen LogP contribution in [0.15, 0.2) is 48.5 Å². The van der Waals surface area contributed by atoms with Crippen LogP contribution in [0.25, 0.3) is 0 Å². The van der Waals surface area contributed by atoms with Crippen molar-refractivity contribution < 1.29 is 14.3 Å². The zero-order chi connectivity index (χ0) is 17.9. The fraction of sp³-hybridized carbons (Fsp3) is 0.300. The molecule has 0 spiro atoms. The van der Waals surface area contributed by atoms with E-state index in [1.165, 1.54) is 0 Å². The monoisotopic (exact) mass is 338 g/mol. The highest BCUT2D eigenvalue weighted by Crippen LogP contribution is 2.47. The summed E-state index contributed by atoms with van der Waals surface area (Å²) in [4.78, 5) is 25.4. The van der Waals surface area contributed by atoms with E-state index in [-0.39, 0.29) is 11.8 Å². The van der Waals surface area contributed by atoms with Crippen LogP contribution in [0.3, 0.4) is 0 Å². The molecule has 0 saturated heterocycles. The first-order valence-electron chi connectivity index (χ1n) is 8.44. The number of methoxy groups -OCH3 is 1. The molecule has 3 rings (SSSR count). The van der Waals surface area contributed by atoms with Gasteiger partial charge < -0.3 is 15.4 Å². The molecule has 2 aromatic rings. The largest absolute Gasteiger partial charge is 0.497 e. The molecular weight excluding hydrogens is 316 g/mol. The second kappa shape index (κ2) is 6.97. The van der Waals surface area contributed by atoms with Gasteiger partial charge in [-0.25, -0.2) is 0 Å². The van der Waals surface area contributed by atoms with Gasteiger partial charge in [-0.15, -0.1) is 0 Å². The SMILES string of the molecule is CCc1ccccc1NC(=O)C1(C(=O)Nc2cccc(OC)c2)CC1. The number of benzene rings is 2. The Morgan fingerprint density at radius 2 is 1.76 bits per heavy atom. The molecule has 2 amide bonds. The quantitative estimate of drug-likeness (QED) is 0.791. The van der Waals surface area contributed by atoms with Gasteiger partial charge in [-0.05, 0) is 43.0 Å². The lowest BCUT2D eigenvalue weighted by Crippen LogP contribution is -2.35. The Morgan fingerprint density at radius 3 is 2.44 bits per heavy atom. The second-order valence-corrected chi connectivity index (χ2v) is 6.23. The van der Waals surface area contributed by atoms with Crippen molar-refractivity contribution in [3.63, 3.8) is 0 Å². The summed E-state index contributed by atoms with van der Waals surface area (Å²) < 4.78 is 5.16. The average Bonchev–Trinajstić information content (AvgIpc) is 3.44. The Kier molecular flexibility index (Phi) is 4.74. The molecular formula is C20H22N2O3. The van der Waals surface area contributed by atoms with E-state index in [0.717, 1.165) is 17.7 Å². The number of hydrogen-bond acceptors (Lipinski definition) is 3. The lowest BCUT2D eigenvalue weighted by molar-refractivity contribution is -0.131. The van der Waals surface area contributed by atoms with Crippen LogP contribution in [-0.4, -0.2) is 18.9 Å².